The smallest absolute Gasteiger partial charge is 0.348 e. The first-order valence-electron chi connectivity index (χ1n) is 7.06. The van der Waals surface area contributed by atoms with Crippen LogP contribution in [-0.2, 0) is 19.1 Å². The average Bonchev–Trinajstić information content (AvgIpc) is 2.85. The Bertz CT molecular complexity index is 505. The van der Waals surface area contributed by atoms with E-state index in [0.717, 1.165) is 0 Å². The van der Waals surface area contributed by atoms with Gasteiger partial charge in [0.25, 0.3) is 0 Å². The molecule has 21 heavy (non-hydrogen) atoms. The Balaban J connectivity index is 2.88. The molecule has 0 aromatic heterocycles. The summed E-state index contributed by atoms with van der Waals surface area (Å²) in [5, 5.41) is 9.05. The molecule has 0 N–H and O–H groups in total. The molecule has 1 aliphatic rings. The highest BCUT2D eigenvalue weighted by atomic mass is 16.6. The molecule has 0 heterocycles. The maximum atomic E-state index is 12.2. The van der Waals surface area contributed by atoms with Crippen molar-refractivity contribution in [2.24, 2.45) is 17.3 Å². The van der Waals surface area contributed by atoms with E-state index in [1.165, 1.54) is 6.08 Å². The highest BCUT2D eigenvalue weighted by Gasteiger charge is 2.62. The summed E-state index contributed by atoms with van der Waals surface area (Å²) in [6, 6.07) is 1.84. The summed E-state index contributed by atoms with van der Waals surface area (Å²) in [7, 11) is 0. The molecule has 116 valence electrons. The number of allylic oxidation sites excluding steroid dienone is 1. The van der Waals surface area contributed by atoms with Gasteiger partial charge < -0.3 is 9.47 Å². The third-order valence-corrected chi connectivity index (χ3v) is 3.53. The van der Waals surface area contributed by atoms with Crippen LogP contribution in [0.4, 0.5) is 0 Å². The van der Waals surface area contributed by atoms with E-state index in [2.05, 4.69) is 0 Å². The highest BCUT2D eigenvalue weighted by molar-refractivity contribution is 5.93. The summed E-state index contributed by atoms with van der Waals surface area (Å²) < 4.78 is 10.2. The van der Waals surface area contributed by atoms with Gasteiger partial charge in [-0.25, -0.2) is 4.79 Å². The van der Waals surface area contributed by atoms with E-state index in [1.54, 1.807) is 6.92 Å². The molecular weight excluding hydrogens is 270 g/mol. The number of esters is 2. The van der Waals surface area contributed by atoms with Gasteiger partial charge in [0, 0.05) is 0 Å². The van der Waals surface area contributed by atoms with Crippen LogP contribution in [0, 0.1) is 28.6 Å². The molecule has 1 rings (SSSR count). The predicted molar refractivity (Wildman–Crippen MR) is 76.9 cm³/mol. The van der Waals surface area contributed by atoms with Gasteiger partial charge in [-0.3, -0.25) is 4.79 Å². The fraction of sp³-hybridized carbons (Fsp3) is 0.688. The molecule has 1 saturated carbocycles. The van der Waals surface area contributed by atoms with E-state index in [1.807, 2.05) is 40.7 Å². The Labute approximate surface area is 125 Å². The van der Waals surface area contributed by atoms with E-state index in [0.29, 0.717) is 0 Å². The van der Waals surface area contributed by atoms with E-state index in [-0.39, 0.29) is 35.4 Å². The lowest BCUT2D eigenvalue weighted by molar-refractivity contribution is -0.157. The van der Waals surface area contributed by atoms with E-state index < -0.39 is 11.6 Å². The van der Waals surface area contributed by atoms with Crippen LogP contribution in [0.25, 0.3) is 0 Å². The summed E-state index contributed by atoms with van der Waals surface area (Å²) in [4.78, 5) is 23.8. The van der Waals surface area contributed by atoms with E-state index in [4.69, 9.17) is 14.7 Å². The van der Waals surface area contributed by atoms with Crippen LogP contribution < -0.4 is 0 Å². The molecule has 0 spiro atoms. The van der Waals surface area contributed by atoms with Crippen molar-refractivity contribution in [3.05, 3.63) is 11.6 Å². The minimum Gasteiger partial charge on any atom is -0.462 e. The number of nitriles is 1. The van der Waals surface area contributed by atoms with Gasteiger partial charge in [0.05, 0.1) is 12.5 Å². The molecule has 1 fully saturated rings. The molecule has 2 atom stereocenters. The normalized spacial score (nSPS) is 24.0. The molecule has 0 aromatic rings. The Morgan fingerprint density at radius 1 is 1.33 bits per heavy atom. The van der Waals surface area contributed by atoms with Crippen LogP contribution in [0.3, 0.4) is 0 Å². The molecule has 0 saturated heterocycles. The largest absolute Gasteiger partial charge is 0.462 e. The van der Waals surface area contributed by atoms with Crippen LogP contribution in [0.2, 0.25) is 0 Å². The van der Waals surface area contributed by atoms with Crippen molar-refractivity contribution in [2.45, 2.75) is 47.1 Å². The number of nitrogens with zero attached hydrogens (tertiary/aromatic N) is 1. The maximum absolute atomic E-state index is 12.2. The van der Waals surface area contributed by atoms with Crippen molar-refractivity contribution < 1.29 is 19.1 Å². The van der Waals surface area contributed by atoms with Gasteiger partial charge in [-0.05, 0) is 39.0 Å². The summed E-state index contributed by atoms with van der Waals surface area (Å²) in [5.41, 5.74) is -0.930. The van der Waals surface area contributed by atoms with Gasteiger partial charge in [0.2, 0.25) is 0 Å². The second kappa shape index (κ2) is 5.88. The number of carbonyl (C=O) groups is 2. The minimum absolute atomic E-state index is 0.0546. The van der Waals surface area contributed by atoms with Crippen molar-refractivity contribution in [3.8, 4) is 6.07 Å². The van der Waals surface area contributed by atoms with Crippen molar-refractivity contribution in [2.75, 3.05) is 6.61 Å². The molecule has 0 aliphatic heterocycles. The quantitative estimate of drug-likeness (QED) is 0.452. The number of hydrogen-bond donors (Lipinski definition) is 0. The monoisotopic (exact) mass is 293 g/mol. The second-order valence-corrected chi connectivity index (χ2v) is 6.77. The average molecular weight is 293 g/mol. The van der Waals surface area contributed by atoms with Crippen LogP contribution in [0.5, 0.6) is 0 Å². The Hall–Kier alpha value is -1.83. The first-order valence-corrected chi connectivity index (χ1v) is 7.06. The molecule has 0 radical (unpaired) electrons. The van der Waals surface area contributed by atoms with Crippen molar-refractivity contribution in [3.63, 3.8) is 0 Å². The zero-order chi connectivity index (χ0) is 16.4. The molecule has 0 bridgehead atoms. The number of hydrogen-bond acceptors (Lipinski definition) is 5. The Morgan fingerprint density at radius 3 is 2.33 bits per heavy atom. The lowest BCUT2D eigenvalue weighted by atomic mass is 10.1. The van der Waals surface area contributed by atoms with Crippen LogP contribution in [-0.4, -0.2) is 24.1 Å². The van der Waals surface area contributed by atoms with E-state index >= 15 is 0 Å². The fourth-order valence-corrected chi connectivity index (χ4v) is 2.34. The molecule has 5 nitrogen and oxygen atoms in total. The van der Waals surface area contributed by atoms with Crippen LogP contribution in [0.1, 0.15) is 41.5 Å². The van der Waals surface area contributed by atoms with Gasteiger partial charge in [-0.1, -0.05) is 19.9 Å². The van der Waals surface area contributed by atoms with Crippen LogP contribution >= 0.6 is 0 Å². The molecule has 0 amide bonds. The third kappa shape index (κ3) is 4.07. The maximum Gasteiger partial charge on any atom is 0.348 e. The summed E-state index contributed by atoms with van der Waals surface area (Å²) >= 11 is 0. The van der Waals surface area contributed by atoms with Gasteiger partial charge in [-0.15, -0.1) is 0 Å². The van der Waals surface area contributed by atoms with Crippen molar-refractivity contribution in [1.82, 2.24) is 0 Å². The SMILES string of the molecule is CCOC(=O)C(C#N)=C[C@@H]1[C@@H](C(=O)OC(C)(C)C)C1(C)C. The topological polar surface area (TPSA) is 76.4 Å². The van der Waals surface area contributed by atoms with Crippen molar-refractivity contribution in [1.29, 1.82) is 5.26 Å². The fourth-order valence-electron chi connectivity index (χ4n) is 2.34. The summed E-state index contributed by atoms with van der Waals surface area (Å²) in [6.07, 6.45) is 1.53. The highest BCUT2D eigenvalue weighted by Crippen LogP contribution is 2.60. The molecule has 0 aromatic carbocycles. The third-order valence-electron chi connectivity index (χ3n) is 3.53. The molecule has 5 heteroatoms. The minimum atomic E-state index is -0.648. The zero-order valence-electron chi connectivity index (χ0n) is 13.5. The molecule has 0 unspecified atom stereocenters. The van der Waals surface area contributed by atoms with Crippen molar-refractivity contribution >= 4 is 11.9 Å². The van der Waals surface area contributed by atoms with E-state index in [9.17, 15) is 9.59 Å². The first kappa shape index (κ1) is 17.2. The summed E-state index contributed by atoms with van der Waals surface area (Å²) in [5.74, 6) is -1.47. The van der Waals surface area contributed by atoms with Gasteiger partial charge in [0.15, 0.2) is 0 Å². The van der Waals surface area contributed by atoms with Gasteiger partial charge >= 0.3 is 11.9 Å². The number of rotatable bonds is 4. The van der Waals surface area contributed by atoms with Crippen LogP contribution in [0.15, 0.2) is 11.6 Å². The number of ether oxygens (including phenoxy) is 2. The second-order valence-electron chi connectivity index (χ2n) is 6.77. The molecule has 1 aliphatic carbocycles. The molecular formula is C16H23NO4. The zero-order valence-corrected chi connectivity index (χ0v) is 13.5. The number of carbonyl (C=O) groups excluding carboxylic acids is 2. The summed E-state index contributed by atoms with van der Waals surface area (Å²) in [6.45, 7) is 11.2. The lowest BCUT2D eigenvalue weighted by Crippen LogP contribution is -2.26. The van der Waals surface area contributed by atoms with Gasteiger partial charge in [-0.2, -0.15) is 5.26 Å². The standard InChI is InChI=1S/C16H23NO4/c1-7-20-13(18)10(9-17)8-11-12(16(11,5)6)14(19)21-15(2,3)4/h8,11-12H,7H2,1-6H3/t11-,12+/m1/s1. The van der Waals surface area contributed by atoms with Gasteiger partial charge in [0.1, 0.15) is 17.2 Å². The predicted octanol–water partition coefficient (Wildman–Crippen LogP) is 2.61. The Morgan fingerprint density at radius 2 is 1.90 bits per heavy atom. The lowest BCUT2D eigenvalue weighted by Gasteiger charge is -2.19. The Kier molecular flexibility index (Phi) is 4.83. The first-order chi connectivity index (χ1) is 9.54.